The molecule has 11 nitrogen and oxygen atoms in total. The van der Waals surface area contributed by atoms with E-state index >= 15 is 0 Å². The van der Waals surface area contributed by atoms with E-state index in [4.69, 9.17) is 23.3 Å². The van der Waals surface area contributed by atoms with Crippen LogP contribution >= 0.6 is 7.75 Å². The molecule has 0 unspecified atom stereocenters. The predicted octanol–water partition coefficient (Wildman–Crippen LogP) is 4.63. The van der Waals surface area contributed by atoms with E-state index in [1.165, 1.54) is 4.57 Å². The van der Waals surface area contributed by atoms with Crippen molar-refractivity contribution in [3.63, 3.8) is 0 Å². The maximum atomic E-state index is 14.1. The van der Waals surface area contributed by atoms with Crippen LogP contribution in [-0.2, 0) is 28.1 Å². The van der Waals surface area contributed by atoms with Crippen LogP contribution in [0.15, 0.2) is 59.5 Å². The lowest BCUT2D eigenvalue weighted by molar-refractivity contribution is -0.152. The van der Waals surface area contributed by atoms with Gasteiger partial charge in [0.05, 0.1) is 6.61 Å². The normalized spacial score (nSPS) is 22.1. The first kappa shape index (κ1) is 28.4. The zero-order valence-electron chi connectivity index (χ0n) is 22.6. The van der Waals surface area contributed by atoms with Gasteiger partial charge in [0.15, 0.2) is 12.5 Å². The minimum Gasteiger partial charge on any atom is -0.461 e. The van der Waals surface area contributed by atoms with Crippen LogP contribution in [0.1, 0.15) is 50.9 Å². The Morgan fingerprint density at radius 2 is 1.93 bits per heavy atom. The summed E-state index contributed by atoms with van der Waals surface area (Å²) in [6.45, 7) is 3.07. The zero-order valence-corrected chi connectivity index (χ0v) is 23.5. The third-order valence-corrected chi connectivity index (χ3v) is 8.53. The fourth-order valence-corrected chi connectivity index (χ4v) is 6.28. The monoisotopic (exact) mass is 571 g/mol. The van der Waals surface area contributed by atoms with Crippen molar-refractivity contribution in [2.75, 3.05) is 13.2 Å². The van der Waals surface area contributed by atoms with Crippen LogP contribution in [0, 0.1) is 6.92 Å². The lowest BCUT2D eigenvalue weighted by Crippen LogP contribution is -2.38. The summed E-state index contributed by atoms with van der Waals surface area (Å²) in [4.78, 5) is 29.0. The molecule has 12 heteroatoms. The molecule has 1 aromatic heterocycles. The van der Waals surface area contributed by atoms with Gasteiger partial charge in [-0.2, -0.15) is 10.1 Å². The Morgan fingerprint density at radius 1 is 1.15 bits per heavy atom. The van der Waals surface area contributed by atoms with Gasteiger partial charge < -0.3 is 18.7 Å². The molecule has 2 heterocycles. The first-order chi connectivity index (χ1) is 19.3. The van der Waals surface area contributed by atoms with Crippen molar-refractivity contribution >= 4 is 24.5 Å². The number of aromatic nitrogens is 2. The molecule has 0 radical (unpaired) electrons. The Balaban J connectivity index is 1.30. The van der Waals surface area contributed by atoms with Crippen LogP contribution in [0.3, 0.4) is 0 Å². The van der Waals surface area contributed by atoms with E-state index in [9.17, 15) is 14.2 Å². The summed E-state index contributed by atoms with van der Waals surface area (Å²) in [5.41, 5.74) is 0.126. The quantitative estimate of drug-likeness (QED) is 0.272. The summed E-state index contributed by atoms with van der Waals surface area (Å²) in [7, 11) is -4.16. The molecule has 0 bridgehead atoms. The number of carbonyl (C=O) groups excluding carboxylic acids is 1. The number of ether oxygens (including phenoxy) is 3. The number of benzene rings is 2. The molecule has 1 aliphatic carbocycles. The van der Waals surface area contributed by atoms with Crippen molar-refractivity contribution in [3.05, 3.63) is 70.9 Å². The second-order valence-corrected chi connectivity index (χ2v) is 11.7. The summed E-state index contributed by atoms with van der Waals surface area (Å²) in [6.07, 6.45) is 4.56. The van der Waals surface area contributed by atoms with Gasteiger partial charge in [-0.1, -0.05) is 42.8 Å². The summed E-state index contributed by atoms with van der Waals surface area (Å²) in [5, 5.41) is 4.36. The second-order valence-electron chi connectivity index (χ2n) is 10.0. The van der Waals surface area contributed by atoms with Crippen LogP contribution in [0.5, 0.6) is 5.75 Å². The van der Waals surface area contributed by atoms with Crippen molar-refractivity contribution in [2.45, 2.75) is 70.6 Å². The Hall–Kier alpha value is -3.08. The molecular formula is C28H34N3O8P. The first-order valence-corrected chi connectivity index (χ1v) is 15.1. The fourth-order valence-electron chi connectivity index (χ4n) is 4.79. The van der Waals surface area contributed by atoms with Crippen molar-refractivity contribution in [1.82, 2.24) is 14.6 Å². The second kappa shape index (κ2) is 12.6. The number of esters is 1. The number of aryl methyl sites for hydroxylation is 1. The van der Waals surface area contributed by atoms with E-state index in [0.29, 0.717) is 11.4 Å². The molecule has 1 saturated carbocycles. The lowest BCUT2D eigenvalue weighted by Gasteiger charge is -2.26. The first-order valence-electron chi connectivity index (χ1n) is 13.5. The molecule has 5 rings (SSSR count). The van der Waals surface area contributed by atoms with Gasteiger partial charge in [0.2, 0.25) is 0 Å². The average Bonchev–Trinajstić information content (AvgIpc) is 3.41. The predicted molar refractivity (Wildman–Crippen MR) is 147 cm³/mol. The van der Waals surface area contributed by atoms with E-state index in [0.717, 1.165) is 42.9 Å². The molecule has 4 atom stereocenters. The summed E-state index contributed by atoms with van der Waals surface area (Å²) >= 11 is 0. The number of carbonyl (C=O) groups is 1. The number of nitrogens with one attached hydrogen (secondary N) is 1. The van der Waals surface area contributed by atoms with Gasteiger partial charge in [-0.05, 0) is 57.0 Å². The van der Waals surface area contributed by atoms with Gasteiger partial charge >= 0.3 is 19.4 Å². The van der Waals surface area contributed by atoms with Gasteiger partial charge in [-0.25, -0.2) is 9.36 Å². The van der Waals surface area contributed by atoms with E-state index in [1.54, 1.807) is 38.2 Å². The minimum absolute atomic E-state index is 0.0741. The number of rotatable bonds is 10. The third kappa shape index (κ3) is 6.97. The highest BCUT2D eigenvalue weighted by atomic mass is 31.2. The number of hydrogen-bond donors (Lipinski definition) is 1. The molecule has 40 heavy (non-hydrogen) atoms. The maximum Gasteiger partial charge on any atom is 0.459 e. The van der Waals surface area contributed by atoms with Crippen LogP contribution in [-0.4, -0.2) is 47.2 Å². The van der Waals surface area contributed by atoms with Gasteiger partial charge in [-0.15, -0.1) is 0 Å². The van der Waals surface area contributed by atoms with Crippen LogP contribution in [0.25, 0.3) is 10.8 Å². The van der Waals surface area contributed by atoms with E-state index in [-0.39, 0.29) is 19.3 Å². The molecule has 1 aliphatic heterocycles. The van der Waals surface area contributed by atoms with E-state index < -0.39 is 38.0 Å². The molecule has 214 valence electrons. The highest BCUT2D eigenvalue weighted by molar-refractivity contribution is 7.52. The highest BCUT2D eigenvalue weighted by Crippen LogP contribution is 2.47. The van der Waals surface area contributed by atoms with Crippen molar-refractivity contribution in [1.29, 1.82) is 0 Å². The van der Waals surface area contributed by atoms with Crippen LogP contribution < -0.4 is 15.3 Å². The zero-order chi connectivity index (χ0) is 28.1. The summed E-state index contributed by atoms with van der Waals surface area (Å²) < 4.78 is 44.3. The summed E-state index contributed by atoms with van der Waals surface area (Å²) in [5.74, 6) is -0.206. The molecule has 1 N–H and O–H groups in total. The fraction of sp³-hybridized carbons (Fsp3) is 0.464. The minimum atomic E-state index is -4.16. The Bertz CT molecular complexity index is 1440. The van der Waals surface area contributed by atoms with Crippen LogP contribution in [0.4, 0.5) is 0 Å². The molecule has 2 aromatic carbocycles. The largest absolute Gasteiger partial charge is 0.461 e. The van der Waals surface area contributed by atoms with Gasteiger partial charge in [0.25, 0.3) is 0 Å². The number of fused-ring (bicyclic) bond motifs is 1. The topological polar surface area (TPSA) is 127 Å². The lowest BCUT2D eigenvalue weighted by atomic mass is 9.98. The molecule has 0 amide bonds. The van der Waals surface area contributed by atoms with Crippen molar-refractivity contribution in [2.24, 2.45) is 0 Å². The molecular weight excluding hydrogens is 537 g/mol. The molecule has 3 aromatic rings. The molecule has 1 saturated heterocycles. The number of hydrogen-bond acceptors (Lipinski definition) is 9. The Morgan fingerprint density at radius 3 is 2.73 bits per heavy atom. The third-order valence-electron chi connectivity index (χ3n) is 6.90. The van der Waals surface area contributed by atoms with Crippen LogP contribution in [0.2, 0.25) is 0 Å². The van der Waals surface area contributed by atoms with Crippen molar-refractivity contribution < 1.29 is 32.6 Å². The SMILES string of the molecule is Cc1ccn([C@@H]2CO[C@H](CO[P@](=O)(N[C@@H](C)C(=O)OC3CCCCC3)Oc3cccc4ccccc34)O2)c(=O)n1. The van der Waals surface area contributed by atoms with Crippen molar-refractivity contribution in [3.8, 4) is 5.75 Å². The van der Waals surface area contributed by atoms with Gasteiger partial charge in [0, 0.05) is 17.3 Å². The molecule has 2 aliphatic rings. The average molecular weight is 572 g/mol. The van der Waals surface area contributed by atoms with E-state index in [2.05, 4.69) is 10.1 Å². The Labute approximate surface area is 232 Å². The molecule has 2 fully saturated rings. The summed E-state index contributed by atoms with van der Waals surface area (Å²) in [6, 6.07) is 13.6. The van der Waals surface area contributed by atoms with Gasteiger partial charge in [-0.3, -0.25) is 13.9 Å². The van der Waals surface area contributed by atoms with Gasteiger partial charge in [0.1, 0.15) is 24.5 Å². The standard InChI is InChI=1S/C28H34N3O8P/c1-19-15-16-31(28(33)29-19)25-17-35-26(38-25)18-36-40(34,30-20(2)27(32)37-22-11-4-3-5-12-22)39-24-14-8-10-21-9-6-7-13-23(21)24/h6-10,13-16,20,22,25-26H,3-5,11-12,17-18H2,1-2H3,(H,30,34)/t20-,25-,26-,40+/m0/s1. The maximum absolute atomic E-state index is 14.1. The number of nitrogens with zero attached hydrogens (tertiary/aromatic N) is 2. The highest BCUT2D eigenvalue weighted by Gasteiger charge is 2.37. The molecule has 0 spiro atoms. The smallest absolute Gasteiger partial charge is 0.459 e. The van der Waals surface area contributed by atoms with E-state index in [1.807, 2.05) is 30.3 Å². The Kier molecular flexibility index (Phi) is 8.97.